The van der Waals surface area contributed by atoms with E-state index in [1.54, 1.807) is 0 Å². The molecule has 0 saturated carbocycles. The SMILES string of the molecule is OCCN(Cc1ccc(C(F)(F)F)cc1)Cc1ccc2cc(OCCCCCc3ccccc3)ccc2c1. The van der Waals surface area contributed by atoms with Crippen LogP contribution in [0.1, 0.15) is 41.5 Å². The third kappa shape index (κ3) is 8.33. The lowest BCUT2D eigenvalue weighted by Crippen LogP contribution is -2.26. The Labute approximate surface area is 222 Å². The van der Waals surface area contributed by atoms with E-state index >= 15 is 0 Å². The fourth-order valence-corrected chi connectivity index (χ4v) is 4.58. The monoisotopic (exact) mass is 521 g/mol. The molecule has 0 aliphatic rings. The Kier molecular flexibility index (Phi) is 9.79. The molecule has 0 atom stereocenters. The Morgan fingerprint density at radius 1 is 0.684 bits per heavy atom. The minimum atomic E-state index is -4.35. The van der Waals surface area contributed by atoms with Crippen LogP contribution in [0.5, 0.6) is 5.75 Å². The van der Waals surface area contributed by atoms with Gasteiger partial charge in [-0.3, -0.25) is 4.90 Å². The van der Waals surface area contributed by atoms with Crippen molar-refractivity contribution in [2.75, 3.05) is 19.8 Å². The van der Waals surface area contributed by atoms with Gasteiger partial charge in [-0.15, -0.1) is 0 Å². The van der Waals surface area contributed by atoms with Crippen molar-refractivity contribution >= 4 is 10.8 Å². The van der Waals surface area contributed by atoms with Crippen molar-refractivity contribution in [3.05, 3.63) is 113 Å². The van der Waals surface area contributed by atoms with Crippen LogP contribution in [0.25, 0.3) is 10.8 Å². The zero-order chi connectivity index (χ0) is 26.8. The van der Waals surface area contributed by atoms with Crippen LogP contribution >= 0.6 is 0 Å². The van der Waals surface area contributed by atoms with Crippen LogP contribution in [0.3, 0.4) is 0 Å². The average Bonchev–Trinajstić information content (AvgIpc) is 2.91. The summed E-state index contributed by atoms with van der Waals surface area (Å²) >= 11 is 0. The summed E-state index contributed by atoms with van der Waals surface area (Å²) in [6.45, 7) is 2.13. The number of rotatable bonds is 13. The molecule has 1 N–H and O–H groups in total. The predicted molar refractivity (Wildman–Crippen MR) is 146 cm³/mol. The summed E-state index contributed by atoms with van der Waals surface area (Å²) in [4.78, 5) is 2.03. The molecule has 0 aliphatic carbocycles. The predicted octanol–water partition coefficient (Wildman–Crippen LogP) is 7.64. The van der Waals surface area contributed by atoms with Crippen LogP contribution in [-0.4, -0.2) is 29.8 Å². The van der Waals surface area contributed by atoms with E-state index in [4.69, 9.17) is 4.74 Å². The van der Waals surface area contributed by atoms with E-state index in [9.17, 15) is 18.3 Å². The summed E-state index contributed by atoms with van der Waals surface area (Å²) < 4.78 is 44.5. The van der Waals surface area contributed by atoms with Gasteiger partial charge in [0.25, 0.3) is 0 Å². The molecule has 200 valence electrons. The molecular weight excluding hydrogens is 487 g/mol. The second kappa shape index (κ2) is 13.4. The molecule has 4 aromatic rings. The molecule has 0 aliphatic heterocycles. The molecule has 0 radical (unpaired) electrons. The zero-order valence-corrected chi connectivity index (χ0v) is 21.5. The van der Waals surface area contributed by atoms with Crippen LogP contribution in [0, 0.1) is 0 Å². The second-order valence-corrected chi connectivity index (χ2v) is 9.62. The van der Waals surface area contributed by atoms with E-state index in [1.165, 1.54) is 17.7 Å². The molecule has 0 bridgehead atoms. The number of hydrogen-bond acceptors (Lipinski definition) is 3. The van der Waals surface area contributed by atoms with E-state index < -0.39 is 11.7 Å². The van der Waals surface area contributed by atoms with Crippen LogP contribution in [0.4, 0.5) is 13.2 Å². The van der Waals surface area contributed by atoms with Crippen LogP contribution in [0.2, 0.25) is 0 Å². The largest absolute Gasteiger partial charge is 0.494 e. The Hall–Kier alpha value is -3.35. The lowest BCUT2D eigenvalue weighted by atomic mass is 10.1. The molecule has 4 aromatic carbocycles. The highest BCUT2D eigenvalue weighted by Gasteiger charge is 2.29. The molecule has 3 nitrogen and oxygen atoms in total. The summed E-state index contributed by atoms with van der Waals surface area (Å²) in [5, 5.41) is 11.7. The van der Waals surface area contributed by atoms with E-state index in [1.807, 2.05) is 23.1 Å². The first-order chi connectivity index (χ1) is 18.4. The van der Waals surface area contributed by atoms with Gasteiger partial charge in [0, 0.05) is 19.6 Å². The van der Waals surface area contributed by atoms with Gasteiger partial charge in [-0.1, -0.05) is 60.7 Å². The minimum Gasteiger partial charge on any atom is -0.494 e. The van der Waals surface area contributed by atoms with E-state index in [0.717, 1.165) is 65.5 Å². The lowest BCUT2D eigenvalue weighted by Gasteiger charge is -2.22. The van der Waals surface area contributed by atoms with E-state index in [0.29, 0.717) is 26.2 Å². The van der Waals surface area contributed by atoms with Crippen molar-refractivity contribution in [1.29, 1.82) is 0 Å². The number of ether oxygens (including phenoxy) is 1. The molecule has 0 aromatic heterocycles. The van der Waals surface area contributed by atoms with Crippen molar-refractivity contribution in [3.63, 3.8) is 0 Å². The number of benzene rings is 4. The van der Waals surface area contributed by atoms with Gasteiger partial charge >= 0.3 is 6.18 Å². The molecular formula is C32H34F3NO2. The van der Waals surface area contributed by atoms with E-state index in [2.05, 4.69) is 48.5 Å². The smallest absolute Gasteiger partial charge is 0.416 e. The van der Waals surface area contributed by atoms with E-state index in [-0.39, 0.29) is 6.61 Å². The summed E-state index contributed by atoms with van der Waals surface area (Å²) in [7, 11) is 0. The highest BCUT2D eigenvalue weighted by molar-refractivity contribution is 5.84. The molecule has 0 spiro atoms. The van der Waals surface area contributed by atoms with Crippen molar-refractivity contribution in [2.45, 2.75) is 44.9 Å². The molecule has 38 heavy (non-hydrogen) atoms. The maximum Gasteiger partial charge on any atom is 0.416 e. The number of aryl methyl sites for hydroxylation is 1. The third-order valence-electron chi connectivity index (χ3n) is 6.61. The number of alkyl halides is 3. The Morgan fingerprint density at radius 3 is 2.11 bits per heavy atom. The highest BCUT2D eigenvalue weighted by atomic mass is 19.4. The van der Waals surface area contributed by atoms with Gasteiger partial charge < -0.3 is 9.84 Å². The number of aliphatic hydroxyl groups is 1. The van der Waals surface area contributed by atoms with Crippen LogP contribution < -0.4 is 4.74 Å². The maximum absolute atomic E-state index is 12.9. The van der Waals surface area contributed by atoms with Gasteiger partial charge in [-0.25, -0.2) is 0 Å². The molecule has 6 heteroatoms. The quantitative estimate of drug-likeness (QED) is 0.184. The first-order valence-electron chi connectivity index (χ1n) is 13.1. The van der Waals surface area contributed by atoms with Crippen LogP contribution in [-0.2, 0) is 25.7 Å². The maximum atomic E-state index is 12.9. The standard InChI is InChI=1S/C32H34F3NO2/c33-32(34,35)30-15-11-26(12-16-30)23-36(18-19-37)24-27-10-13-29-22-31(17-14-28(29)21-27)38-20-6-2-5-9-25-7-3-1-4-8-25/h1,3-4,7-8,10-17,21-22,37H,2,5-6,9,18-20,23-24H2. The minimum absolute atomic E-state index is 0.0266. The summed E-state index contributed by atoms with van der Waals surface area (Å²) in [6.07, 6.45) is 0.0488. The fourth-order valence-electron chi connectivity index (χ4n) is 4.58. The number of nitrogens with zero attached hydrogens (tertiary/aromatic N) is 1. The molecule has 0 unspecified atom stereocenters. The molecule has 4 rings (SSSR count). The van der Waals surface area contributed by atoms with Gasteiger partial charge in [0.2, 0.25) is 0 Å². The Bertz CT molecular complexity index is 1270. The second-order valence-electron chi connectivity index (χ2n) is 9.62. The lowest BCUT2D eigenvalue weighted by molar-refractivity contribution is -0.137. The van der Waals surface area contributed by atoms with Gasteiger partial charge in [0.05, 0.1) is 18.8 Å². The topological polar surface area (TPSA) is 32.7 Å². The molecule has 0 fully saturated rings. The summed E-state index contributed by atoms with van der Waals surface area (Å²) in [5.74, 6) is 0.859. The Balaban J connectivity index is 1.28. The van der Waals surface area contributed by atoms with Gasteiger partial charge in [0.1, 0.15) is 5.75 Å². The molecule has 0 heterocycles. The average molecular weight is 522 g/mol. The first kappa shape index (κ1) is 27.7. The Morgan fingerprint density at radius 2 is 1.37 bits per heavy atom. The summed E-state index contributed by atoms with van der Waals surface area (Å²) in [6, 6.07) is 28.1. The van der Waals surface area contributed by atoms with Crippen molar-refractivity contribution in [2.24, 2.45) is 0 Å². The highest BCUT2D eigenvalue weighted by Crippen LogP contribution is 2.29. The number of halogens is 3. The van der Waals surface area contributed by atoms with Crippen LogP contribution in [0.15, 0.2) is 91.0 Å². The van der Waals surface area contributed by atoms with Crippen molar-refractivity contribution < 1.29 is 23.0 Å². The first-order valence-corrected chi connectivity index (χ1v) is 13.1. The number of aliphatic hydroxyl groups excluding tert-OH is 1. The number of unbranched alkanes of at least 4 members (excludes halogenated alkanes) is 2. The molecule has 0 saturated heterocycles. The number of fused-ring (bicyclic) bond motifs is 1. The normalized spacial score (nSPS) is 11.8. The van der Waals surface area contributed by atoms with Gasteiger partial charge in [-0.05, 0) is 83.5 Å². The third-order valence-corrected chi connectivity index (χ3v) is 6.61. The number of hydrogen-bond donors (Lipinski definition) is 1. The van der Waals surface area contributed by atoms with Crippen molar-refractivity contribution in [3.8, 4) is 5.75 Å². The van der Waals surface area contributed by atoms with Gasteiger partial charge in [-0.2, -0.15) is 13.2 Å². The molecule has 0 amide bonds. The van der Waals surface area contributed by atoms with Crippen molar-refractivity contribution in [1.82, 2.24) is 4.90 Å². The van der Waals surface area contributed by atoms with Gasteiger partial charge in [0.15, 0.2) is 0 Å². The zero-order valence-electron chi connectivity index (χ0n) is 21.5. The summed E-state index contributed by atoms with van der Waals surface area (Å²) in [5.41, 5.74) is 2.57. The fraction of sp³-hybridized carbons (Fsp3) is 0.312.